The summed E-state index contributed by atoms with van der Waals surface area (Å²) in [4.78, 5) is 0. The van der Waals surface area contributed by atoms with Gasteiger partial charge in [0.2, 0.25) is 0 Å². The summed E-state index contributed by atoms with van der Waals surface area (Å²) in [5, 5.41) is 3.14. The minimum atomic E-state index is 0.908. The highest BCUT2D eigenvalue weighted by molar-refractivity contribution is 7.97. The van der Waals surface area contributed by atoms with E-state index in [2.05, 4.69) is 23.7 Å². The highest BCUT2D eigenvalue weighted by Gasteiger charge is 2.03. The molecule has 0 fully saturated rings. The molecule has 14 heavy (non-hydrogen) atoms. The van der Waals surface area contributed by atoms with Crippen molar-refractivity contribution in [2.75, 3.05) is 20.4 Å². The molecule has 0 aliphatic rings. The molecular weight excluding hydrogens is 194 g/mol. The number of benzene rings is 1. The van der Waals surface area contributed by atoms with Crippen LogP contribution in [0, 0.1) is 0 Å². The first-order chi connectivity index (χ1) is 6.81. The highest BCUT2D eigenvalue weighted by Crippen LogP contribution is 2.23. The SMILES string of the molecule is CNCc1ccc(OC)c(CSC)c1. The molecule has 3 heteroatoms. The lowest BCUT2D eigenvalue weighted by Gasteiger charge is -2.09. The summed E-state index contributed by atoms with van der Waals surface area (Å²) in [6.45, 7) is 0.908. The van der Waals surface area contributed by atoms with Gasteiger partial charge in [-0.3, -0.25) is 0 Å². The summed E-state index contributed by atoms with van der Waals surface area (Å²) < 4.78 is 5.30. The van der Waals surface area contributed by atoms with E-state index in [1.165, 1.54) is 11.1 Å². The van der Waals surface area contributed by atoms with Gasteiger partial charge >= 0.3 is 0 Å². The molecule has 0 aliphatic carbocycles. The number of methoxy groups -OCH3 is 1. The van der Waals surface area contributed by atoms with Crippen molar-refractivity contribution in [2.45, 2.75) is 12.3 Å². The maximum atomic E-state index is 5.30. The molecule has 0 aromatic heterocycles. The normalized spacial score (nSPS) is 10.2. The molecule has 0 bridgehead atoms. The topological polar surface area (TPSA) is 21.3 Å². The molecule has 0 saturated heterocycles. The van der Waals surface area contributed by atoms with Crippen LogP contribution in [0.5, 0.6) is 5.75 Å². The van der Waals surface area contributed by atoms with Crippen molar-refractivity contribution < 1.29 is 4.74 Å². The van der Waals surface area contributed by atoms with Gasteiger partial charge in [0, 0.05) is 17.9 Å². The van der Waals surface area contributed by atoms with Crippen LogP contribution in [-0.4, -0.2) is 20.4 Å². The van der Waals surface area contributed by atoms with Gasteiger partial charge in [0.25, 0.3) is 0 Å². The van der Waals surface area contributed by atoms with Gasteiger partial charge in [-0.05, 0) is 31.0 Å². The third-order valence-corrected chi connectivity index (χ3v) is 2.63. The molecule has 0 amide bonds. The van der Waals surface area contributed by atoms with E-state index in [9.17, 15) is 0 Å². The summed E-state index contributed by atoms with van der Waals surface area (Å²) in [6.07, 6.45) is 2.10. The Morgan fingerprint density at radius 2 is 2.21 bits per heavy atom. The molecule has 0 radical (unpaired) electrons. The van der Waals surface area contributed by atoms with E-state index in [1.54, 1.807) is 7.11 Å². The lowest BCUT2D eigenvalue weighted by Crippen LogP contribution is -2.05. The van der Waals surface area contributed by atoms with Crippen molar-refractivity contribution in [2.24, 2.45) is 0 Å². The number of nitrogens with one attached hydrogen (secondary N) is 1. The Hall–Kier alpha value is -0.670. The molecule has 0 atom stereocenters. The maximum Gasteiger partial charge on any atom is 0.122 e. The second-order valence-corrected chi connectivity index (χ2v) is 3.98. The van der Waals surface area contributed by atoms with Crippen molar-refractivity contribution in [1.29, 1.82) is 0 Å². The first-order valence-electron chi connectivity index (χ1n) is 4.61. The van der Waals surface area contributed by atoms with Crippen molar-refractivity contribution in [3.05, 3.63) is 29.3 Å². The largest absolute Gasteiger partial charge is 0.496 e. The standard InChI is InChI=1S/C11H17NOS/c1-12-7-9-4-5-11(13-2)10(6-9)8-14-3/h4-6,12H,7-8H2,1-3H3. The molecule has 0 saturated carbocycles. The van der Waals surface area contributed by atoms with E-state index in [4.69, 9.17) is 4.74 Å². The van der Waals surface area contributed by atoms with Crippen LogP contribution in [0.1, 0.15) is 11.1 Å². The Balaban J connectivity index is 2.88. The second kappa shape index (κ2) is 5.94. The van der Waals surface area contributed by atoms with Crippen LogP contribution < -0.4 is 10.1 Å². The molecule has 2 nitrogen and oxygen atoms in total. The summed E-state index contributed by atoms with van der Waals surface area (Å²) in [7, 11) is 3.68. The lowest BCUT2D eigenvalue weighted by molar-refractivity contribution is 0.411. The monoisotopic (exact) mass is 211 g/mol. The van der Waals surface area contributed by atoms with Crippen LogP contribution in [0.15, 0.2) is 18.2 Å². The van der Waals surface area contributed by atoms with Crippen LogP contribution in [-0.2, 0) is 12.3 Å². The van der Waals surface area contributed by atoms with Gasteiger partial charge in [0.1, 0.15) is 5.75 Å². The average molecular weight is 211 g/mol. The van der Waals surface area contributed by atoms with Gasteiger partial charge in [0.05, 0.1) is 7.11 Å². The third-order valence-electron chi connectivity index (χ3n) is 2.03. The van der Waals surface area contributed by atoms with Crippen molar-refractivity contribution in [3.63, 3.8) is 0 Å². The maximum absolute atomic E-state index is 5.30. The molecule has 1 rings (SSSR count). The Morgan fingerprint density at radius 1 is 1.43 bits per heavy atom. The molecule has 0 aliphatic heterocycles. The first kappa shape index (κ1) is 11.4. The number of ether oxygens (including phenoxy) is 1. The van der Waals surface area contributed by atoms with Crippen LogP contribution in [0.2, 0.25) is 0 Å². The second-order valence-electron chi connectivity index (χ2n) is 3.11. The Kier molecular flexibility index (Phi) is 4.84. The van der Waals surface area contributed by atoms with E-state index in [0.29, 0.717) is 0 Å². The van der Waals surface area contributed by atoms with E-state index in [-0.39, 0.29) is 0 Å². The van der Waals surface area contributed by atoms with Gasteiger partial charge in [-0.25, -0.2) is 0 Å². The molecule has 0 unspecified atom stereocenters. The summed E-state index contributed by atoms with van der Waals surface area (Å²) in [5.74, 6) is 1.99. The van der Waals surface area contributed by atoms with Crippen LogP contribution in [0.25, 0.3) is 0 Å². The van der Waals surface area contributed by atoms with Gasteiger partial charge in [-0.2, -0.15) is 11.8 Å². The quantitative estimate of drug-likeness (QED) is 0.807. The average Bonchev–Trinajstić information content (AvgIpc) is 2.19. The predicted molar refractivity (Wildman–Crippen MR) is 63.0 cm³/mol. The summed E-state index contributed by atoms with van der Waals surface area (Å²) in [5.41, 5.74) is 2.57. The zero-order chi connectivity index (χ0) is 10.4. The van der Waals surface area contributed by atoms with Crippen molar-refractivity contribution in [1.82, 2.24) is 5.32 Å². The van der Waals surface area contributed by atoms with Gasteiger partial charge in [-0.15, -0.1) is 0 Å². The Labute approximate surface area is 90.0 Å². The molecule has 1 aromatic carbocycles. The molecular formula is C11H17NOS. The number of rotatable bonds is 5. The van der Waals surface area contributed by atoms with Crippen molar-refractivity contribution >= 4 is 11.8 Å². The van der Waals surface area contributed by atoms with Gasteiger partial charge < -0.3 is 10.1 Å². The zero-order valence-electron chi connectivity index (χ0n) is 8.96. The van der Waals surface area contributed by atoms with E-state index >= 15 is 0 Å². The fourth-order valence-electron chi connectivity index (χ4n) is 1.41. The minimum absolute atomic E-state index is 0.908. The molecule has 1 N–H and O–H groups in total. The fraction of sp³-hybridized carbons (Fsp3) is 0.455. The number of thioether (sulfide) groups is 1. The smallest absolute Gasteiger partial charge is 0.122 e. The first-order valence-corrected chi connectivity index (χ1v) is 6.00. The Morgan fingerprint density at radius 3 is 2.79 bits per heavy atom. The van der Waals surface area contributed by atoms with Crippen LogP contribution >= 0.6 is 11.8 Å². The number of hydrogen-bond acceptors (Lipinski definition) is 3. The van der Waals surface area contributed by atoms with E-state index in [1.807, 2.05) is 24.9 Å². The fourth-order valence-corrected chi connectivity index (χ4v) is 1.95. The zero-order valence-corrected chi connectivity index (χ0v) is 9.78. The summed E-state index contributed by atoms with van der Waals surface area (Å²) in [6, 6.07) is 6.34. The third kappa shape index (κ3) is 2.93. The van der Waals surface area contributed by atoms with Crippen molar-refractivity contribution in [3.8, 4) is 5.75 Å². The van der Waals surface area contributed by atoms with E-state index in [0.717, 1.165) is 18.0 Å². The lowest BCUT2D eigenvalue weighted by atomic mass is 10.1. The van der Waals surface area contributed by atoms with Gasteiger partial charge in [-0.1, -0.05) is 6.07 Å². The molecule has 78 valence electrons. The summed E-state index contributed by atoms with van der Waals surface area (Å²) >= 11 is 1.81. The minimum Gasteiger partial charge on any atom is -0.496 e. The van der Waals surface area contributed by atoms with Gasteiger partial charge in [0.15, 0.2) is 0 Å². The molecule has 0 heterocycles. The van der Waals surface area contributed by atoms with E-state index < -0.39 is 0 Å². The van der Waals surface area contributed by atoms with Crippen LogP contribution in [0.4, 0.5) is 0 Å². The highest BCUT2D eigenvalue weighted by atomic mass is 32.2. The predicted octanol–water partition coefficient (Wildman–Crippen LogP) is 2.28. The molecule has 0 spiro atoms. The molecule has 1 aromatic rings. The van der Waals surface area contributed by atoms with Crippen LogP contribution in [0.3, 0.4) is 0 Å². The Bertz CT molecular complexity index is 289. The number of hydrogen-bond donors (Lipinski definition) is 1.